The molecule has 0 aliphatic rings. The maximum Gasteiger partial charge on any atom is 0.324 e. The number of benzene rings is 1. The summed E-state index contributed by atoms with van der Waals surface area (Å²) in [5.41, 5.74) is 0.450. The van der Waals surface area contributed by atoms with Gasteiger partial charge in [0.25, 0.3) is 0 Å². The number of carboxylic acids is 1. The average molecular weight is 250 g/mol. The third-order valence-electron chi connectivity index (χ3n) is 2.61. The van der Waals surface area contributed by atoms with Crippen molar-refractivity contribution in [2.75, 3.05) is 6.61 Å². The van der Waals surface area contributed by atoms with Crippen molar-refractivity contribution in [1.82, 2.24) is 0 Å². The summed E-state index contributed by atoms with van der Waals surface area (Å²) in [5, 5.41) is 9.10. The van der Waals surface area contributed by atoms with Crippen molar-refractivity contribution in [2.45, 2.75) is 32.1 Å². The summed E-state index contributed by atoms with van der Waals surface area (Å²) < 4.78 is 5.00. The molecule has 0 saturated carbocycles. The topological polar surface area (TPSA) is 63.6 Å². The summed E-state index contributed by atoms with van der Waals surface area (Å²) in [6.07, 6.45) is 2.76. The molecule has 98 valence electrons. The Hall–Kier alpha value is -1.84. The van der Waals surface area contributed by atoms with Crippen LogP contribution in [0, 0.1) is 0 Å². The molecular weight excluding hydrogens is 232 g/mol. The van der Waals surface area contributed by atoms with Crippen molar-refractivity contribution in [3.63, 3.8) is 0 Å². The van der Waals surface area contributed by atoms with Crippen molar-refractivity contribution in [1.29, 1.82) is 0 Å². The molecule has 1 aromatic rings. The van der Waals surface area contributed by atoms with Crippen LogP contribution < -0.4 is 0 Å². The Balaban J connectivity index is 2.63. The molecule has 0 aliphatic carbocycles. The van der Waals surface area contributed by atoms with Gasteiger partial charge in [0.1, 0.15) is 0 Å². The minimum absolute atomic E-state index is 0.281. The lowest BCUT2D eigenvalue weighted by Crippen LogP contribution is -2.24. The number of hydrogen-bond donors (Lipinski definition) is 1. The van der Waals surface area contributed by atoms with Gasteiger partial charge in [0, 0.05) is 0 Å². The summed E-state index contributed by atoms with van der Waals surface area (Å²) >= 11 is 0. The van der Waals surface area contributed by atoms with E-state index in [9.17, 15) is 9.59 Å². The largest absolute Gasteiger partial charge is 0.480 e. The highest BCUT2D eigenvalue weighted by molar-refractivity contribution is 5.99. The average Bonchev–Trinajstić information content (AvgIpc) is 2.36. The Morgan fingerprint density at radius 3 is 2.44 bits per heavy atom. The molecule has 0 heterocycles. The molecule has 1 atom stereocenters. The lowest BCUT2D eigenvalue weighted by Gasteiger charge is -2.12. The van der Waals surface area contributed by atoms with E-state index in [0.717, 1.165) is 19.3 Å². The molecule has 18 heavy (non-hydrogen) atoms. The van der Waals surface area contributed by atoms with Gasteiger partial charge >= 0.3 is 11.9 Å². The fourth-order valence-electron chi connectivity index (χ4n) is 1.63. The first kappa shape index (κ1) is 14.2. The van der Waals surface area contributed by atoms with Crippen LogP contribution in [0.5, 0.6) is 0 Å². The van der Waals surface area contributed by atoms with Crippen molar-refractivity contribution >= 4 is 11.9 Å². The van der Waals surface area contributed by atoms with Gasteiger partial charge in [-0.15, -0.1) is 0 Å². The van der Waals surface area contributed by atoms with Gasteiger partial charge in [0.05, 0.1) is 6.61 Å². The Morgan fingerprint density at radius 2 is 1.89 bits per heavy atom. The third-order valence-corrected chi connectivity index (χ3v) is 2.61. The summed E-state index contributed by atoms with van der Waals surface area (Å²) in [4.78, 5) is 22.9. The normalized spacial score (nSPS) is 11.8. The van der Waals surface area contributed by atoms with Crippen LogP contribution in [0.1, 0.15) is 37.7 Å². The van der Waals surface area contributed by atoms with E-state index in [0.29, 0.717) is 5.56 Å². The molecule has 0 spiro atoms. The highest BCUT2D eigenvalue weighted by atomic mass is 16.5. The lowest BCUT2D eigenvalue weighted by atomic mass is 10.00. The van der Waals surface area contributed by atoms with Crippen LogP contribution in [0.25, 0.3) is 0 Å². The Kier molecular flexibility index (Phi) is 5.91. The highest BCUT2D eigenvalue weighted by Gasteiger charge is 2.29. The van der Waals surface area contributed by atoms with Crippen molar-refractivity contribution in [3.05, 3.63) is 35.9 Å². The number of rotatable bonds is 7. The summed E-state index contributed by atoms with van der Waals surface area (Å²) in [6, 6.07) is 8.42. The predicted octanol–water partition coefficient (Wildman–Crippen LogP) is 2.59. The van der Waals surface area contributed by atoms with Gasteiger partial charge in [-0.2, -0.15) is 0 Å². The van der Waals surface area contributed by atoms with Crippen molar-refractivity contribution < 1.29 is 19.4 Å². The first-order chi connectivity index (χ1) is 8.66. The van der Waals surface area contributed by atoms with Crippen LogP contribution in [0.2, 0.25) is 0 Å². The fourth-order valence-corrected chi connectivity index (χ4v) is 1.63. The number of hydrogen-bond acceptors (Lipinski definition) is 3. The third kappa shape index (κ3) is 4.20. The van der Waals surface area contributed by atoms with Gasteiger partial charge in [-0.25, -0.2) is 0 Å². The molecular formula is C14H18O4. The maximum atomic E-state index is 11.7. The molecule has 0 radical (unpaired) electrons. The van der Waals surface area contributed by atoms with Crippen LogP contribution in [0.4, 0.5) is 0 Å². The number of carbonyl (C=O) groups is 2. The maximum absolute atomic E-state index is 11.7. The molecule has 1 aromatic carbocycles. The van der Waals surface area contributed by atoms with Gasteiger partial charge in [-0.3, -0.25) is 9.59 Å². The van der Waals surface area contributed by atoms with Crippen LogP contribution in [-0.2, 0) is 14.3 Å². The molecule has 0 unspecified atom stereocenters. The molecule has 1 rings (SSSR count). The fraction of sp³-hybridized carbons (Fsp3) is 0.429. The number of carbonyl (C=O) groups excluding carboxylic acids is 1. The molecule has 4 heteroatoms. The SMILES string of the molecule is CCCCCOC(=O)[C@@H](C(=O)O)c1ccccc1. The Labute approximate surface area is 107 Å². The lowest BCUT2D eigenvalue weighted by molar-refractivity contribution is -0.154. The van der Waals surface area contributed by atoms with E-state index in [1.807, 2.05) is 6.92 Å². The molecule has 0 aromatic heterocycles. The number of carboxylic acid groups (broad SMARTS) is 1. The molecule has 0 bridgehead atoms. The monoisotopic (exact) mass is 250 g/mol. The van der Waals surface area contributed by atoms with Gasteiger partial charge in [0.15, 0.2) is 5.92 Å². The van der Waals surface area contributed by atoms with Crippen LogP contribution in [0.15, 0.2) is 30.3 Å². The van der Waals surface area contributed by atoms with E-state index in [1.165, 1.54) is 0 Å². The van der Waals surface area contributed by atoms with Crippen LogP contribution in [0.3, 0.4) is 0 Å². The molecule has 0 fully saturated rings. The summed E-state index contributed by atoms with van der Waals surface area (Å²) in [7, 11) is 0. The standard InChI is InChI=1S/C14H18O4/c1-2-3-7-10-18-14(17)12(13(15)16)11-8-5-4-6-9-11/h4-6,8-9,12H,2-3,7,10H2,1H3,(H,15,16)/t12-/m1/s1. The van der Waals surface area contributed by atoms with E-state index in [-0.39, 0.29) is 6.61 Å². The Bertz CT molecular complexity index is 386. The summed E-state index contributed by atoms with van der Waals surface area (Å²) in [5.74, 6) is -3.10. The number of ether oxygens (including phenoxy) is 1. The van der Waals surface area contributed by atoms with Crippen molar-refractivity contribution in [3.8, 4) is 0 Å². The molecule has 0 aliphatic heterocycles. The zero-order valence-electron chi connectivity index (χ0n) is 10.5. The molecule has 1 N–H and O–H groups in total. The minimum Gasteiger partial charge on any atom is -0.480 e. The second-order valence-corrected chi connectivity index (χ2v) is 4.06. The first-order valence-corrected chi connectivity index (χ1v) is 6.11. The van der Waals surface area contributed by atoms with Gasteiger partial charge < -0.3 is 9.84 Å². The second kappa shape index (κ2) is 7.48. The zero-order valence-corrected chi connectivity index (χ0v) is 10.5. The van der Waals surface area contributed by atoms with E-state index in [2.05, 4.69) is 0 Å². The second-order valence-electron chi connectivity index (χ2n) is 4.06. The van der Waals surface area contributed by atoms with E-state index in [4.69, 9.17) is 9.84 Å². The Morgan fingerprint density at radius 1 is 1.22 bits per heavy atom. The van der Waals surface area contributed by atoms with Gasteiger partial charge in [0.2, 0.25) is 0 Å². The van der Waals surface area contributed by atoms with E-state index < -0.39 is 17.9 Å². The first-order valence-electron chi connectivity index (χ1n) is 6.11. The van der Waals surface area contributed by atoms with Crippen LogP contribution >= 0.6 is 0 Å². The van der Waals surface area contributed by atoms with Crippen molar-refractivity contribution in [2.24, 2.45) is 0 Å². The molecule has 0 saturated heterocycles. The zero-order chi connectivity index (χ0) is 13.4. The quantitative estimate of drug-likeness (QED) is 0.459. The van der Waals surface area contributed by atoms with Gasteiger partial charge in [-0.05, 0) is 12.0 Å². The number of unbranched alkanes of at least 4 members (excludes halogenated alkanes) is 2. The minimum atomic E-state index is -1.23. The van der Waals surface area contributed by atoms with Crippen LogP contribution in [-0.4, -0.2) is 23.7 Å². The van der Waals surface area contributed by atoms with Gasteiger partial charge in [-0.1, -0.05) is 50.1 Å². The van der Waals surface area contributed by atoms with E-state index >= 15 is 0 Å². The van der Waals surface area contributed by atoms with E-state index in [1.54, 1.807) is 30.3 Å². The smallest absolute Gasteiger partial charge is 0.324 e. The number of aliphatic carboxylic acids is 1. The number of esters is 1. The molecule has 4 nitrogen and oxygen atoms in total. The summed E-state index contributed by atoms with van der Waals surface area (Å²) in [6.45, 7) is 2.33. The predicted molar refractivity (Wildman–Crippen MR) is 67.3 cm³/mol. The highest BCUT2D eigenvalue weighted by Crippen LogP contribution is 2.17. The molecule has 0 amide bonds.